The lowest BCUT2D eigenvalue weighted by Gasteiger charge is -2.33. The molecule has 1 aliphatic rings. The number of aryl methyl sites for hydroxylation is 1. The summed E-state index contributed by atoms with van der Waals surface area (Å²) in [5.41, 5.74) is 0.530. The summed E-state index contributed by atoms with van der Waals surface area (Å²) in [5, 5.41) is 15.4. The third-order valence-corrected chi connectivity index (χ3v) is 6.60. The fourth-order valence-corrected chi connectivity index (χ4v) is 4.70. The van der Waals surface area contributed by atoms with Gasteiger partial charge in [0, 0.05) is 25.8 Å². The molecular formula is C27H35FN6O4. The highest BCUT2D eigenvalue weighted by Crippen LogP contribution is 2.25. The van der Waals surface area contributed by atoms with Crippen LogP contribution in [0.2, 0.25) is 0 Å². The molecule has 0 saturated heterocycles. The third-order valence-electron chi connectivity index (χ3n) is 6.60. The van der Waals surface area contributed by atoms with Gasteiger partial charge in [0.05, 0.1) is 0 Å². The number of aromatic nitrogens is 4. The van der Waals surface area contributed by atoms with E-state index in [-0.39, 0.29) is 36.8 Å². The Kier molecular flexibility index (Phi) is 9.58. The Morgan fingerprint density at radius 2 is 1.95 bits per heavy atom. The molecule has 2 amide bonds. The van der Waals surface area contributed by atoms with E-state index in [1.807, 2.05) is 13.8 Å². The molecule has 1 fully saturated rings. The number of hydrogen-bond acceptors (Lipinski definition) is 7. The predicted octanol–water partition coefficient (Wildman–Crippen LogP) is 3.83. The van der Waals surface area contributed by atoms with E-state index in [2.05, 4.69) is 20.7 Å². The van der Waals surface area contributed by atoms with Crippen LogP contribution in [0.3, 0.4) is 0 Å². The van der Waals surface area contributed by atoms with Crippen molar-refractivity contribution in [1.82, 2.24) is 30.4 Å². The van der Waals surface area contributed by atoms with Gasteiger partial charge < -0.3 is 19.4 Å². The maximum absolute atomic E-state index is 13.8. The molecule has 10 nitrogen and oxygen atoms in total. The number of amides is 2. The van der Waals surface area contributed by atoms with Gasteiger partial charge in [-0.25, -0.2) is 4.39 Å². The number of tetrazole rings is 1. The number of rotatable bonds is 12. The average molecular weight is 527 g/mol. The lowest BCUT2D eigenvalue weighted by atomic mass is 9.94. The molecule has 2 aromatic heterocycles. The summed E-state index contributed by atoms with van der Waals surface area (Å²) in [7, 11) is 0. The highest BCUT2D eigenvalue weighted by molar-refractivity contribution is 5.88. The van der Waals surface area contributed by atoms with Gasteiger partial charge in [-0.2, -0.15) is 4.80 Å². The van der Waals surface area contributed by atoms with Gasteiger partial charge in [0.2, 0.25) is 17.6 Å². The largest absolute Gasteiger partial charge is 0.458 e. The summed E-state index contributed by atoms with van der Waals surface area (Å²) in [5.74, 6) is 0.353. The van der Waals surface area contributed by atoms with Crippen molar-refractivity contribution in [3.05, 3.63) is 53.5 Å². The molecular weight excluding hydrogens is 491 g/mol. The Balaban J connectivity index is 1.58. The van der Waals surface area contributed by atoms with E-state index in [1.54, 1.807) is 24.3 Å². The fraction of sp³-hybridized carbons (Fsp3) is 0.519. The van der Waals surface area contributed by atoms with Crippen LogP contribution in [-0.2, 0) is 20.9 Å². The van der Waals surface area contributed by atoms with Gasteiger partial charge in [0.25, 0.3) is 0 Å². The first-order chi connectivity index (χ1) is 18.4. The molecule has 3 aromatic rings. The molecule has 0 aliphatic heterocycles. The molecule has 11 heteroatoms. The molecule has 204 valence electrons. The van der Waals surface area contributed by atoms with Crippen LogP contribution < -0.4 is 5.32 Å². The van der Waals surface area contributed by atoms with E-state index < -0.39 is 11.9 Å². The zero-order chi connectivity index (χ0) is 26.9. The second-order valence-corrected chi connectivity index (χ2v) is 9.49. The van der Waals surface area contributed by atoms with Crippen LogP contribution in [0.15, 0.2) is 40.8 Å². The second-order valence-electron chi connectivity index (χ2n) is 9.49. The molecule has 1 saturated carbocycles. The minimum Gasteiger partial charge on any atom is -0.458 e. The van der Waals surface area contributed by atoms with Crippen LogP contribution in [-0.4, -0.2) is 62.7 Å². The topological polar surface area (TPSA) is 115 Å². The normalized spacial score (nSPS) is 14.8. The van der Waals surface area contributed by atoms with Crippen molar-refractivity contribution in [3.8, 4) is 11.6 Å². The van der Waals surface area contributed by atoms with Crippen LogP contribution in [0, 0.1) is 12.7 Å². The van der Waals surface area contributed by atoms with Crippen LogP contribution in [0.25, 0.3) is 11.6 Å². The maximum atomic E-state index is 13.8. The van der Waals surface area contributed by atoms with Gasteiger partial charge in [0.15, 0.2) is 5.76 Å². The number of carbonyl (C=O) groups excluding carboxylic acids is 2. The summed E-state index contributed by atoms with van der Waals surface area (Å²) in [6.07, 6.45) is 5.59. The molecule has 1 aliphatic carbocycles. The van der Waals surface area contributed by atoms with Crippen molar-refractivity contribution in [2.45, 2.75) is 71.0 Å². The standard InChI is InChI=1S/C27H35FN6O4/c1-3-37-17-7-16-33(24(35)18-34-31-26(30-32-34)23-15-10-19(2)38-23)25(20-11-13-21(28)14-12-20)27(36)29-22-8-5-4-6-9-22/h10-15,22,25H,3-9,16-18H2,1-2H3,(H,29,36)/t25-/m1/s1. The van der Waals surface area contributed by atoms with Crippen molar-refractivity contribution in [1.29, 1.82) is 0 Å². The summed E-state index contributed by atoms with van der Waals surface area (Å²) in [4.78, 5) is 30.1. The minimum absolute atomic E-state index is 0.0517. The number of carbonyl (C=O) groups is 2. The molecule has 38 heavy (non-hydrogen) atoms. The van der Waals surface area contributed by atoms with Gasteiger partial charge in [-0.15, -0.1) is 10.2 Å². The number of nitrogens with one attached hydrogen (secondary N) is 1. The molecule has 0 spiro atoms. The number of hydrogen-bond donors (Lipinski definition) is 1. The number of halogens is 1. The lowest BCUT2D eigenvalue weighted by Crippen LogP contribution is -2.48. The van der Waals surface area contributed by atoms with Crippen LogP contribution >= 0.6 is 0 Å². The van der Waals surface area contributed by atoms with E-state index in [4.69, 9.17) is 9.15 Å². The number of furan rings is 1. The van der Waals surface area contributed by atoms with Crippen LogP contribution in [0.4, 0.5) is 4.39 Å². The Labute approximate surface area is 221 Å². The summed E-state index contributed by atoms with van der Waals surface area (Å²) in [6, 6.07) is 8.34. The Morgan fingerprint density at radius 3 is 2.63 bits per heavy atom. The zero-order valence-electron chi connectivity index (χ0n) is 21.9. The number of benzene rings is 1. The van der Waals surface area contributed by atoms with Gasteiger partial charge >= 0.3 is 0 Å². The SMILES string of the molecule is CCOCCCN(C(=O)Cn1nnc(-c2ccc(C)o2)n1)[C@@H](C(=O)NC1CCCCC1)c1ccc(F)cc1. The van der Waals surface area contributed by atoms with Gasteiger partial charge in [-0.05, 0) is 68.2 Å². The van der Waals surface area contributed by atoms with Crippen LogP contribution in [0.5, 0.6) is 0 Å². The summed E-state index contributed by atoms with van der Waals surface area (Å²) in [6.45, 7) is 4.73. The van der Waals surface area contributed by atoms with Crippen molar-refractivity contribution in [2.24, 2.45) is 0 Å². The molecule has 1 N–H and O–H groups in total. The van der Waals surface area contributed by atoms with Crippen molar-refractivity contribution in [3.63, 3.8) is 0 Å². The number of ether oxygens (including phenoxy) is 1. The minimum atomic E-state index is -0.942. The molecule has 2 heterocycles. The zero-order valence-corrected chi connectivity index (χ0v) is 21.9. The number of nitrogens with zero attached hydrogens (tertiary/aromatic N) is 5. The second kappa shape index (κ2) is 13.3. The van der Waals surface area contributed by atoms with E-state index in [0.717, 1.165) is 32.1 Å². The predicted molar refractivity (Wildman–Crippen MR) is 137 cm³/mol. The molecule has 1 atom stereocenters. The third kappa shape index (κ3) is 7.25. The monoisotopic (exact) mass is 526 g/mol. The first-order valence-electron chi connectivity index (χ1n) is 13.2. The van der Waals surface area contributed by atoms with Gasteiger partial charge in [-0.3, -0.25) is 9.59 Å². The van der Waals surface area contributed by atoms with Crippen LogP contribution in [0.1, 0.15) is 62.8 Å². The molecule has 1 aromatic carbocycles. The first-order valence-corrected chi connectivity index (χ1v) is 13.2. The van der Waals surface area contributed by atoms with Gasteiger partial charge in [-0.1, -0.05) is 31.4 Å². The first kappa shape index (κ1) is 27.4. The average Bonchev–Trinajstić information content (AvgIpc) is 3.56. The van der Waals surface area contributed by atoms with Crippen molar-refractivity contribution in [2.75, 3.05) is 19.8 Å². The Morgan fingerprint density at radius 1 is 1.18 bits per heavy atom. The van der Waals surface area contributed by atoms with E-state index in [0.29, 0.717) is 36.7 Å². The Hall–Kier alpha value is -3.60. The summed E-state index contributed by atoms with van der Waals surface area (Å²) >= 11 is 0. The fourth-order valence-electron chi connectivity index (χ4n) is 4.70. The lowest BCUT2D eigenvalue weighted by molar-refractivity contribution is -0.142. The molecule has 0 radical (unpaired) electrons. The van der Waals surface area contributed by atoms with Crippen molar-refractivity contribution < 1.29 is 23.1 Å². The maximum Gasteiger partial charge on any atom is 0.247 e. The van der Waals surface area contributed by atoms with E-state index in [1.165, 1.54) is 21.8 Å². The Bertz CT molecular complexity index is 1190. The highest BCUT2D eigenvalue weighted by Gasteiger charge is 2.33. The summed E-state index contributed by atoms with van der Waals surface area (Å²) < 4.78 is 24.8. The van der Waals surface area contributed by atoms with E-state index in [9.17, 15) is 14.0 Å². The smallest absolute Gasteiger partial charge is 0.247 e. The van der Waals surface area contributed by atoms with Crippen molar-refractivity contribution >= 4 is 11.8 Å². The highest BCUT2D eigenvalue weighted by atomic mass is 19.1. The van der Waals surface area contributed by atoms with Gasteiger partial charge in [0.1, 0.15) is 24.2 Å². The van der Waals surface area contributed by atoms with E-state index >= 15 is 0 Å². The molecule has 4 rings (SSSR count). The molecule has 0 bridgehead atoms. The molecule has 0 unspecified atom stereocenters. The quantitative estimate of drug-likeness (QED) is 0.357.